The Hall–Kier alpha value is -1.63. The van der Waals surface area contributed by atoms with Crippen LogP contribution < -0.4 is 5.32 Å². The molecule has 5 nitrogen and oxygen atoms in total. The van der Waals surface area contributed by atoms with E-state index < -0.39 is 24.9 Å². The fraction of sp³-hybridized carbons (Fsp3) is 0.286. The molecule has 1 aromatic carbocycles. The summed E-state index contributed by atoms with van der Waals surface area (Å²) in [4.78, 5) is 16.2. The van der Waals surface area contributed by atoms with Crippen LogP contribution in [0.2, 0.25) is 5.15 Å². The number of alkyl halides is 3. The first-order chi connectivity index (χ1) is 11.2. The minimum Gasteiger partial charge on any atom is -0.346 e. The molecule has 0 aliphatic rings. The zero-order valence-electron chi connectivity index (χ0n) is 12.4. The summed E-state index contributed by atoms with van der Waals surface area (Å²) in [6.45, 7) is 1.69. The summed E-state index contributed by atoms with van der Waals surface area (Å²) < 4.78 is 48.8. The largest absolute Gasteiger partial charge is 0.420 e. The molecule has 0 aliphatic carbocycles. The number of anilines is 2. The molecule has 0 saturated carbocycles. The van der Waals surface area contributed by atoms with E-state index in [0.717, 1.165) is 5.56 Å². The number of nitrogens with zero attached hydrogens (tertiary/aromatic N) is 2. The van der Waals surface area contributed by atoms with Crippen LogP contribution in [0.15, 0.2) is 30.5 Å². The molecule has 0 spiro atoms. The minimum absolute atomic E-state index is 0.0606. The highest BCUT2D eigenvalue weighted by molar-refractivity contribution is 7.38. The van der Waals surface area contributed by atoms with E-state index in [1.165, 1.54) is 0 Å². The standard InChI is InChI=1S/C14H14ClF3N3O2P/c1-8(24(22)23)6-9-2-4-10(5-3-9)20-13-19-7-11(12(15)21-13)14(16,17)18/h2-5,7-8,24H,6H2,1H3,(H,22,23)(H,19,20,21). The van der Waals surface area contributed by atoms with Crippen molar-refractivity contribution in [3.05, 3.63) is 46.7 Å². The van der Waals surface area contributed by atoms with Crippen molar-refractivity contribution in [2.75, 3.05) is 5.32 Å². The minimum atomic E-state index is -4.61. The highest BCUT2D eigenvalue weighted by Crippen LogP contribution is 2.33. The van der Waals surface area contributed by atoms with Crippen LogP contribution in [0.3, 0.4) is 0 Å². The average molecular weight is 380 g/mol. The molecule has 2 aromatic rings. The maximum atomic E-state index is 12.6. The van der Waals surface area contributed by atoms with Gasteiger partial charge in [0.1, 0.15) is 10.7 Å². The number of hydrogen-bond acceptors (Lipinski definition) is 4. The Bertz CT molecular complexity index is 741. The third kappa shape index (κ3) is 4.93. The van der Waals surface area contributed by atoms with Crippen molar-refractivity contribution in [2.45, 2.75) is 25.2 Å². The summed E-state index contributed by atoms with van der Waals surface area (Å²) in [5.74, 6) is -0.0606. The second-order valence-corrected chi connectivity index (χ2v) is 7.18. The van der Waals surface area contributed by atoms with Gasteiger partial charge in [-0.25, -0.2) is 9.97 Å². The lowest BCUT2D eigenvalue weighted by atomic mass is 10.1. The van der Waals surface area contributed by atoms with Crippen molar-refractivity contribution < 1.29 is 22.6 Å². The van der Waals surface area contributed by atoms with E-state index in [0.29, 0.717) is 18.3 Å². The maximum absolute atomic E-state index is 12.6. The topological polar surface area (TPSA) is 75.1 Å². The first-order valence-corrected chi connectivity index (χ1v) is 8.66. The summed E-state index contributed by atoms with van der Waals surface area (Å²) in [6.07, 6.45) is -3.54. The maximum Gasteiger partial charge on any atom is 0.420 e. The van der Waals surface area contributed by atoms with Crippen LogP contribution in [-0.4, -0.2) is 20.5 Å². The van der Waals surface area contributed by atoms with Crippen molar-refractivity contribution in [2.24, 2.45) is 0 Å². The quantitative estimate of drug-likeness (QED) is 0.598. The third-order valence-electron chi connectivity index (χ3n) is 3.22. The first-order valence-electron chi connectivity index (χ1n) is 6.85. The van der Waals surface area contributed by atoms with Crippen molar-refractivity contribution in [1.29, 1.82) is 0 Å². The number of aromatic nitrogens is 2. The van der Waals surface area contributed by atoms with Gasteiger partial charge in [-0.15, -0.1) is 0 Å². The van der Waals surface area contributed by atoms with Gasteiger partial charge in [0.15, 0.2) is 8.03 Å². The van der Waals surface area contributed by atoms with Gasteiger partial charge in [0.05, 0.1) is 0 Å². The lowest BCUT2D eigenvalue weighted by Gasteiger charge is -2.11. The number of nitrogens with one attached hydrogen (secondary N) is 1. The molecule has 2 rings (SSSR count). The van der Waals surface area contributed by atoms with Gasteiger partial charge in [0.2, 0.25) is 5.95 Å². The van der Waals surface area contributed by atoms with Crippen LogP contribution in [0.4, 0.5) is 24.8 Å². The van der Waals surface area contributed by atoms with Gasteiger partial charge in [0, 0.05) is 17.5 Å². The second kappa shape index (κ2) is 7.51. The SMILES string of the molecule is CC(Cc1ccc(Nc2ncc(C(F)(F)F)c(Cl)n2)cc1)[PH](=O)O. The Morgan fingerprint density at radius 2 is 1.96 bits per heavy atom. The Morgan fingerprint density at radius 3 is 2.46 bits per heavy atom. The Morgan fingerprint density at radius 1 is 1.33 bits per heavy atom. The van der Waals surface area contributed by atoms with Crippen molar-refractivity contribution in [3.8, 4) is 0 Å². The van der Waals surface area contributed by atoms with Gasteiger partial charge < -0.3 is 10.2 Å². The van der Waals surface area contributed by atoms with Crippen molar-refractivity contribution >= 4 is 31.3 Å². The summed E-state index contributed by atoms with van der Waals surface area (Å²) in [7, 11) is -2.58. The molecule has 1 heterocycles. The molecule has 2 atom stereocenters. The lowest BCUT2D eigenvalue weighted by molar-refractivity contribution is -0.137. The van der Waals surface area contributed by atoms with Crippen molar-refractivity contribution in [3.63, 3.8) is 0 Å². The first kappa shape index (κ1) is 18.7. The second-order valence-electron chi connectivity index (χ2n) is 5.16. The summed E-state index contributed by atoms with van der Waals surface area (Å²) in [5, 5.41) is 2.07. The molecule has 0 aliphatic heterocycles. The molecule has 1 aromatic heterocycles. The fourth-order valence-electron chi connectivity index (χ4n) is 1.91. The van der Waals surface area contributed by atoms with Crippen LogP contribution >= 0.6 is 19.6 Å². The molecule has 2 N–H and O–H groups in total. The van der Waals surface area contributed by atoms with Crippen LogP contribution in [0.5, 0.6) is 0 Å². The van der Waals surface area contributed by atoms with E-state index in [9.17, 15) is 17.7 Å². The van der Waals surface area contributed by atoms with E-state index in [1.54, 1.807) is 31.2 Å². The predicted molar refractivity (Wildman–Crippen MR) is 86.2 cm³/mol. The average Bonchev–Trinajstić information content (AvgIpc) is 2.48. The normalized spacial score (nSPS) is 14.2. The smallest absolute Gasteiger partial charge is 0.346 e. The molecule has 24 heavy (non-hydrogen) atoms. The Labute approximate surface area is 141 Å². The number of halogens is 4. The predicted octanol–water partition coefficient (Wildman–Crippen LogP) is 4.29. The number of benzene rings is 1. The van der Waals surface area contributed by atoms with Gasteiger partial charge in [-0.3, -0.25) is 4.57 Å². The van der Waals surface area contributed by atoms with Crippen molar-refractivity contribution in [1.82, 2.24) is 9.97 Å². The highest BCUT2D eigenvalue weighted by Gasteiger charge is 2.34. The van der Waals surface area contributed by atoms with Gasteiger partial charge in [-0.2, -0.15) is 13.2 Å². The zero-order chi connectivity index (χ0) is 17.9. The Balaban J connectivity index is 2.09. The zero-order valence-corrected chi connectivity index (χ0v) is 14.2. The summed E-state index contributed by atoms with van der Waals surface area (Å²) in [5.41, 5.74) is -0.00478. The van der Waals surface area contributed by atoms with Crippen LogP contribution in [-0.2, 0) is 17.2 Å². The van der Waals surface area contributed by atoms with Gasteiger partial charge in [-0.05, 0) is 24.1 Å². The lowest BCUT2D eigenvalue weighted by Crippen LogP contribution is -2.09. The van der Waals surface area contributed by atoms with Crippen LogP contribution in [0, 0.1) is 0 Å². The molecular formula is C14H14ClF3N3O2P. The van der Waals surface area contributed by atoms with Gasteiger partial charge in [-0.1, -0.05) is 30.7 Å². The molecule has 0 fully saturated rings. The van der Waals surface area contributed by atoms with E-state index in [2.05, 4.69) is 15.3 Å². The summed E-state index contributed by atoms with van der Waals surface area (Å²) in [6, 6.07) is 6.84. The van der Waals surface area contributed by atoms with Crippen LogP contribution in [0.1, 0.15) is 18.1 Å². The molecule has 10 heteroatoms. The van der Waals surface area contributed by atoms with Crippen LogP contribution in [0.25, 0.3) is 0 Å². The number of rotatable bonds is 5. The molecule has 0 bridgehead atoms. The number of hydrogen-bond donors (Lipinski definition) is 2. The molecule has 2 unspecified atom stereocenters. The van der Waals surface area contributed by atoms with Gasteiger partial charge in [0.25, 0.3) is 0 Å². The molecule has 0 radical (unpaired) electrons. The molecule has 0 saturated heterocycles. The highest BCUT2D eigenvalue weighted by atomic mass is 35.5. The van der Waals surface area contributed by atoms with E-state index in [-0.39, 0.29) is 11.6 Å². The Kier molecular flexibility index (Phi) is 5.85. The molecular weight excluding hydrogens is 366 g/mol. The van der Waals surface area contributed by atoms with Gasteiger partial charge >= 0.3 is 6.18 Å². The summed E-state index contributed by atoms with van der Waals surface area (Å²) >= 11 is 5.53. The van der Waals surface area contributed by atoms with E-state index in [1.807, 2.05) is 0 Å². The molecule has 130 valence electrons. The monoisotopic (exact) mass is 379 g/mol. The van der Waals surface area contributed by atoms with E-state index >= 15 is 0 Å². The fourth-order valence-corrected chi connectivity index (χ4v) is 2.55. The third-order valence-corrected chi connectivity index (χ3v) is 4.56. The van der Waals surface area contributed by atoms with E-state index in [4.69, 9.17) is 16.5 Å². The molecule has 0 amide bonds.